The lowest BCUT2D eigenvalue weighted by Crippen LogP contribution is -2.23. The summed E-state index contributed by atoms with van der Waals surface area (Å²) in [4.78, 5) is 3.97. The number of fused-ring (bicyclic) bond motifs is 6. The van der Waals surface area contributed by atoms with Gasteiger partial charge in [0.2, 0.25) is 11.4 Å². The van der Waals surface area contributed by atoms with Gasteiger partial charge in [0.1, 0.15) is 16.4 Å². The molecule has 40 heavy (non-hydrogen) atoms. The van der Waals surface area contributed by atoms with E-state index in [1.807, 2.05) is 66.7 Å². The second-order valence-electron chi connectivity index (χ2n) is 9.68. The Bertz CT molecular complexity index is 1890. The zero-order valence-electron chi connectivity index (χ0n) is 22.5. The number of hydrogen-bond donors (Lipinski definition) is 0. The van der Waals surface area contributed by atoms with Crippen LogP contribution in [0.4, 0.5) is 7.77 Å². The molecular weight excluding hydrogens is 567 g/mol. The highest BCUT2D eigenvalue weighted by molar-refractivity contribution is 8.19. The highest BCUT2D eigenvalue weighted by Gasteiger charge is 2.55. The number of aryl methyl sites for hydroxylation is 2. The summed E-state index contributed by atoms with van der Waals surface area (Å²) in [5.74, 6) is 1.29. The first kappa shape index (κ1) is 25.6. The maximum absolute atomic E-state index is 17.4. The number of methoxy groups -OCH3 is 2. The van der Waals surface area contributed by atoms with Gasteiger partial charge in [-0.05, 0) is 73.5 Å². The van der Waals surface area contributed by atoms with E-state index in [9.17, 15) is 0 Å². The molecular formula is C31H27F2N2O2S3+. The first-order valence-corrected chi connectivity index (χ1v) is 16.1. The molecule has 0 atom stereocenters. The van der Waals surface area contributed by atoms with E-state index in [0.29, 0.717) is 34.3 Å². The Morgan fingerprint density at radius 2 is 1.43 bits per heavy atom. The average Bonchev–Trinajstić information content (AvgIpc) is 3.75. The van der Waals surface area contributed by atoms with Crippen LogP contribution in [-0.2, 0) is 12.8 Å². The van der Waals surface area contributed by atoms with Crippen molar-refractivity contribution in [2.45, 2.75) is 26.7 Å². The van der Waals surface area contributed by atoms with Gasteiger partial charge in [0.05, 0.1) is 41.6 Å². The fourth-order valence-electron chi connectivity index (χ4n) is 5.61. The van der Waals surface area contributed by atoms with Crippen LogP contribution < -0.4 is 9.47 Å². The largest absolute Gasteiger partial charge is 0.497 e. The molecule has 0 saturated heterocycles. The molecule has 0 N–H and O–H groups in total. The van der Waals surface area contributed by atoms with Gasteiger partial charge in [-0.25, -0.2) is 0 Å². The van der Waals surface area contributed by atoms with Gasteiger partial charge in [-0.1, -0.05) is 25.6 Å². The Balaban J connectivity index is 1.60. The molecule has 7 rings (SSSR count). The average molecular weight is 594 g/mol. The number of hydrogen-bond acceptors (Lipinski definition) is 4. The highest BCUT2D eigenvalue weighted by Crippen LogP contribution is 2.66. The van der Waals surface area contributed by atoms with Crippen LogP contribution in [0.1, 0.15) is 45.3 Å². The quantitative estimate of drug-likeness (QED) is 0.184. The molecule has 0 aliphatic carbocycles. The Labute approximate surface area is 241 Å². The molecule has 2 aliphatic heterocycles. The monoisotopic (exact) mass is 593 g/mol. The number of halogens is 2. The minimum absolute atomic E-state index is 0.522. The van der Waals surface area contributed by atoms with Crippen molar-refractivity contribution in [2.75, 3.05) is 14.2 Å². The summed E-state index contributed by atoms with van der Waals surface area (Å²) in [7, 11) is 3.21. The zero-order valence-corrected chi connectivity index (χ0v) is 24.9. The molecule has 0 saturated carbocycles. The lowest BCUT2D eigenvalue weighted by Gasteiger charge is -2.25. The van der Waals surface area contributed by atoms with Gasteiger partial charge in [-0.2, -0.15) is 3.97 Å². The summed E-state index contributed by atoms with van der Waals surface area (Å²) in [6.07, 6.45) is 3.64. The molecule has 204 valence electrons. The van der Waals surface area contributed by atoms with Crippen LogP contribution >= 0.6 is 33.8 Å². The minimum atomic E-state index is -4.58. The van der Waals surface area contributed by atoms with Crippen molar-refractivity contribution in [3.8, 4) is 22.1 Å². The maximum atomic E-state index is 17.4. The Kier molecular flexibility index (Phi) is 5.96. The second kappa shape index (κ2) is 9.33. The van der Waals surface area contributed by atoms with E-state index in [0.717, 1.165) is 54.2 Å². The standard InChI is InChI=1S/C31H27F2N2O2S3/c1-5-20-9-13-28(38-20)30-24-15-18(36-3)7-11-22(24)26-17-27-23-12-8-19(37-4)16-25(23)31(29-14-10-21(6-2)39-29)35(27)40(32,33)34(26)30/h7-17H,5-6H2,1-4H3/q+1. The molecule has 9 heteroatoms. The van der Waals surface area contributed by atoms with Crippen molar-refractivity contribution in [2.24, 2.45) is 0 Å². The summed E-state index contributed by atoms with van der Waals surface area (Å²) >= 11 is -1.44. The van der Waals surface area contributed by atoms with E-state index in [2.05, 4.69) is 13.8 Å². The van der Waals surface area contributed by atoms with Crippen molar-refractivity contribution in [3.63, 3.8) is 0 Å². The summed E-state index contributed by atoms with van der Waals surface area (Å²) in [6, 6.07) is 19.3. The molecule has 0 fully saturated rings. The molecule has 2 aromatic carbocycles. The van der Waals surface area contributed by atoms with Crippen LogP contribution in [-0.4, -0.2) is 27.9 Å². The third-order valence-electron chi connectivity index (χ3n) is 7.56. The summed E-state index contributed by atoms with van der Waals surface area (Å²) in [6.45, 7) is 4.17. The molecule has 5 heterocycles. The van der Waals surface area contributed by atoms with Crippen LogP contribution in [0.25, 0.3) is 33.1 Å². The van der Waals surface area contributed by atoms with E-state index in [1.165, 1.54) is 7.95 Å². The van der Waals surface area contributed by atoms with E-state index in [-0.39, 0.29) is 0 Å². The van der Waals surface area contributed by atoms with E-state index >= 15 is 7.77 Å². The van der Waals surface area contributed by atoms with E-state index in [1.54, 1.807) is 36.9 Å². The number of ether oxygens (including phenoxy) is 2. The van der Waals surface area contributed by atoms with Crippen LogP contribution in [0.2, 0.25) is 0 Å². The summed E-state index contributed by atoms with van der Waals surface area (Å²) in [5.41, 5.74) is 3.68. The van der Waals surface area contributed by atoms with Crippen LogP contribution in [0, 0.1) is 0 Å². The third-order valence-corrected chi connectivity index (χ3v) is 11.7. The fourth-order valence-corrected chi connectivity index (χ4v) is 9.49. The number of aromatic nitrogens is 1. The van der Waals surface area contributed by atoms with E-state index in [4.69, 9.17) is 9.47 Å². The zero-order chi connectivity index (χ0) is 27.8. The van der Waals surface area contributed by atoms with Crippen molar-refractivity contribution in [1.82, 2.24) is 3.97 Å². The third kappa shape index (κ3) is 3.57. The topological polar surface area (TPSA) is 26.4 Å². The molecule has 0 spiro atoms. The molecule has 0 amide bonds. The van der Waals surface area contributed by atoms with Crippen LogP contribution in [0.5, 0.6) is 11.5 Å². The van der Waals surface area contributed by atoms with Gasteiger partial charge in [-0.15, -0.1) is 22.7 Å². The van der Waals surface area contributed by atoms with Crippen molar-refractivity contribution in [1.29, 1.82) is 0 Å². The SMILES string of the molecule is CCc1ccc(C2=[N+]3C(=Cc4c5ccc(OC)cc5c(-c5ccc(CC)s5)n4S3(F)F)c3ccc(OC)cc32)s1. The molecule has 0 unspecified atom stereocenters. The summed E-state index contributed by atoms with van der Waals surface area (Å²) in [5, 5.41) is 1.56. The van der Waals surface area contributed by atoms with Gasteiger partial charge in [0.15, 0.2) is 0 Å². The van der Waals surface area contributed by atoms with Gasteiger partial charge in [0, 0.05) is 26.6 Å². The highest BCUT2D eigenvalue weighted by atomic mass is 32.3. The normalized spacial score (nSPS) is 16.0. The van der Waals surface area contributed by atoms with Gasteiger partial charge in [-0.3, -0.25) is 0 Å². The fraction of sp³-hybridized carbons (Fsp3) is 0.194. The molecule has 3 aromatic heterocycles. The molecule has 2 aliphatic rings. The molecule has 0 radical (unpaired) electrons. The van der Waals surface area contributed by atoms with Crippen LogP contribution in [0.15, 0.2) is 60.7 Å². The first-order chi connectivity index (χ1) is 19.4. The number of nitrogens with zero attached hydrogens (tertiary/aromatic N) is 2. The van der Waals surface area contributed by atoms with Crippen molar-refractivity contribution < 1.29 is 21.2 Å². The Hall–Kier alpha value is -3.40. The van der Waals surface area contributed by atoms with E-state index < -0.39 is 11.2 Å². The van der Waals surface area contributed by atoms with Crippen molar-refractivity contribution >= 4 is 62.1 Å². The van der Waals surface area contributed by atoms with Gasteiger partial charge in [0.25, 0.3) is 0 Å². The van der Waals surface area contributed by atoms with Crippen LogP contribution in [0.3, 0.4) is 0 Å². The lowest BCUT2D eigenvalue weighted by molar-refractivity contribution is -0.253. The predicted molar refractivity (Wildman–Crippen MR) is 164 cm³/mol. The van der Waals surface area contributed by atoms with Gasteiger partial charge >= 0.3 is 11.2 Å². The molecule has 5 aromatic rings. The Morgan fingerprint density at radius 3 is 2.10 bits per heavy atom. The minimum Gasteiger partial charge on any atom is -0.497 e. The smallest absolute Gasteiger partial charge is 0.388 e. The number of rotatable bonds is 6. The lowest BCUT2D eigenvalue weighted by atomic mass is 10.0. The second-order valence-corrected chi connectivity index (χ2v) is 13.6. The Morgan fingerprint density at radius 1 is 0.775 bits per heavy atom. The predicted octanol–water partition coefficient (Wildman–Crippen LogP) is 9.20. The van der Waals surface area contributed by atoms with Gasteiger partial charge < -0.3 is 9.47 Å². The first-order valence-electron chi connectivity index (χ1n) is 13.1. The summed E-state index contributed by atoms with van der Waals surface area (Å²) < 4.78 is 48.5. The number of benzene rings is 2. The molecule has 4 nitrogen and oxygen atoms in total. The van der Waals surface area contributed by atoms with Crippen molar-refractivity contribution in [3.05, 3.63) is 92.1 Å². The maximum Gasteiger partial charge on any atom is 0.388 e. The number of thiophene rings is 2. The molecule has 0 bridgehead atoms.